The highest BCUT2D eigenvalue weighted by Crippen LogP contribution is 2.37. The Labute approximate surface area is 214 Å². The number of nitrogens with zero attached hydrogens (tertiary/aromatic N) is 3. The van der Waals surface area contributed by atoms with Gasteiger partial charge in [-0.25, -0.2) is 14.8 Å². The van der Waals surface area contributed by atoms with E-state index in [1.807, 2.05) is 12.1 Å². The summed E-state index contributed by atoms with van der Waals surface area (Å²) < 4.78 is 7.99. The molecule has 0 atom stereocenters. The van der Waals surface area contributed by atoms with Gasteiger partial charge in [-0.3, -0.25) is 0 Å². The molecule has 1 N–H and O–H groups in total. The van der Waals surface area contributed by atoms with Crippen molar-refractivity contribution in [2.24, 2.45) is 0 Å². The van der Waals surface area contributed by atoms with Gasteiger partial charge in [0, 0.05) is 29.0 Å². The summed E-state index contributed by atoms with van der Waals surface area (Å²) in [4.78, 5) is 21.5. The average molecular weight is 490 g/mol. The Morgan fingerprint density at radius 1 is 0.865 bits per heavy atom. The minimum absolute atomic E-state index is 0.265. The van der Waals surface area contributed by atoms with E-state index >= 15 is 0 Å². The molecule has 2 aromatic heterocycles. The molecule has 1 fully saturated rings. The average Bonchev–Trinajstić information content (AvgIpc) is 3.56. The molecule has 0 amide bonds. The number of carbonyl (C=O) groups is 1. The molecule has 0 saturated heterocycles. The number of hydrogen-bond acceptors (Lipinski definition) is 4. The Kier molecular flexibility index (Phi) is 5.20. The second kappa shape index (κ2) is 8.73. The maximum absolute atomic E-state index is 11.6. The summed E-state index contributed by atoms with van der Waals surface area (Å²) in [6.45, 7) is 0.746. The van der Waals surface area contributed by atoms with Crippen molar-refractivity contribution in [3.05, 3.63) is 77.9 Å². The SMILES string of the molecule is O=C(O)c1ccc2c(c1)nc(-c1ccc3nc(-c4ccc5c(c4)CCO5)ccc3c1)n2C1CCCCC1. The number of carboxylic acid groups (broad SMARTS) is 1. The van der Waals surface area contributed by atoms with Gasteiger partial charge in [0.2, 0.25) is 0 Å². The van der Waals surface area contributed by atoms with Crippen LogP contribution >= 0.6 is 0 Å². The molecule has 5 aromatic rings. The van der Waals surface area contributed by atoms with Crippen LogP contribution in [0.15, 0.2) is 66.7 Å². The van der Waals surface area contributed by atoms with E-state index in [-0.39, 0.29) is 5.56 Å². The van der Waals surface area contributed by atoms with Crippen LogP contribution in [0.4, 0.5) is 0 Å². The highest BCUT2D eigenvalue weighted by Gasteiger charge is 2.23. The zero-order chi connectivity index (χ0) is 24.9. The van der Waals surface area contributed by atoms with E-state index in [0.29, 0.717) is 6.04 Å². The Balaban J connectivity index is 1.32. The van der Waals surface area contributed by atoms with Crippen LogP contribution in [0, 0.1) is 0 Å². The van der Waals surface area contributed by atoms with Crippen LogP contribution in [-0.2, 0) is 6.42 Å². The molecule has 0 radical (unpaired) electrons. The van der Waals surface area contributed by atoms with Crippen molar-refractivity contribution in [3.8, 4) is 28.4 Å². The molecule has 184 valence electrons. The number of imidazole rings is 1. The van der Waals surface area contributed by atoms with Crippen LogP contribution in [0.3, 0.4) is 0 Å². The molecule has 7 rings (SSSR count). The van der Waals surface area contributed by atoms with Crippen molar-refractivity contribution in [1.82, 2.24) is 14.5 Å². The second-order valence-electron chi connectivity index (χ2n) is 10.1. The standard InChI is InChI=1S/C31H27N3O3/c35-31(36)23-8-12-28-27(18-23)33-30(34(28)24-4-2-1-3-5-24)22-7-11-26-19(17-22)6-10-25(32-26)20-9-13-29-21(16-20)14-15-37-29/h6-13,16-18,24H,1-5,14-15H2,(H,35,36). The zero-order valence-electron chi connectivity index (χ0n) is 20.5. The van der Waals surface area contributed by atoms with Crippen LogP contribution in [0.5, 0.6) is 5.75 Å². The highest BCUT2D eigenvalue weighted by molar-refractivity contribution is 5.94. The molecule has 0 unspecified atom stereocenters. The predicted molar refractivity (Wildman–Crippen MR) is 144 cm³/mol. The monoisotopic (exact) mass is 489 g/mol. The van der Waals surface area contributed by atoms with E-state index in [1.165, 1.54) is 24.8 Å². The van der Waals surface area contributed by atoms with Crippen molar-refractivity contribution >= 4 is 27.9 Å². The van der Waals surface area contributed by atoms with Gasteiger partial charge in [-0.2, -0.15) is 0 Å². The van der Waals surface area contributed by atoms with Crippen LogP contribution in [0.1, 0.15) is 54.1 Å². The third kappa shape index (κ3) is 3.84. The first-order chi connectivity index (χ1) is 18.1. The minimum atomic E-state index is -0.931. The maximum atomic E-state index is 11.6. The van der Waals surface area contributed by atoms with Crippen molar-refractivity contribution in [1.29, 1.82) is 0 Å². The Hall–Kier alpha value is -4.19. The van der Waals surface area contributed by atoms with E-state index in [0.717, 1.165) is 76.2 Å². The molecule has 1 saturated carbocycles. The summed E-state index contributed by atoms with van der Waals surface area (Å²) in [7, 11) is 0. The fourth-order valence-corrected chi connectivity index (χ4v) is 5.92. The molecule has 0 bridgehead atoms. The Morgan fingerprint density at radius 2 is 1.73 bits per heavy atom. The van der Waals surface area contributed by atoms with Crippen molar-refractivity contribution in [3.63, 3.8) is 0 Å². The lowest BCUT2D eigenvalue weighted by Crippen LogP contribution is -2.14. The molecule has 1 aliphatic carbocycles. The van der Waals surface area contributed by atoms with Crippen molar-refractivity contribution in [2.45, 2.75) is 44.6 Å². The van der Waals surface area contributed by atoms with E-state index in [2.05, 4.69) is 47.0 Å². The third-order valence-electron chi connectivity index (χ3n) is 7.81. The molecule has 6 nitrogen and oxygen atoms in total. The van der Waals surface area contributed by atoms with E-state index in [4.69, 9.17) is 14.7 Å². The van der Waals surface area contributed by atoms with Crippen LogP contribution in [0.25, 0.3) is 44.6 Å². The van der Waals surface area contributed by atoms with Crippen LogP contribution in [0.2, 0.25) is 0 Å². The van der Waals surface area contributed by atoms with Gasteiger partial charge in [0.1, 0.15) is 11.6 Å². The molecule has 2 aliphatic rings. The largest absolute Gasteiger partial charge is 0.493 e. The zero-order valence-corrected chi connectivity index (χ0v) is 20.5. The van der Waals surface area contributed by atoms with E-state index < -0.39 is 5.97 Å². The number of aromatic nitrogens is 3. The molecule has 3 heterocycles. The lowest BCUT2D eigenvalue weighted by Gasteiger charge is -2.25. The van der Waals surface area contributed by atoms with Crippen LogP contribution in [-0.4, -0.2) is 32.2 Å². The lowest BCUT2D eigenvalue weighted by molar-refractivity contribution is 0.0697. The number of rotatable bonds is 4. The van der Waals surface area contributed by atoms with Gasteiger partial charge in [-0.15, -0.1) is 0 Å². The number of pyridine rings is 1. The topological polar surface area (TPSA) is 77.2 Å². The molecular weight excluding hydrogens is 462 g/mol. The van der Waals surface area contributed by atoms with Gasteiger partial charge < -0.3 is 14.4 Å². The normalized spacial score (nSPS) is 15.7. The van der Waals surface area contributed by atoms with Crippen LogP contribution < -0.4 is 4.74 Å². The fraction of sp³-hybridized carbons (Fsp3) is 0.258. The number of aromatic carboxylic acids is 1. The summed E-state index contributed by atoms with van der Waals surface area (Å²) >= 11 is 0. The maximum Gasteiger partial charge on any atom is 0.335 e. The van der Waals surface area contributed by atoms with Gasteiger partial charge in [-0.05, 0) is 79.1 Å². The summed E-state index contributed by atoms with van der Waals surface area (Å²) in [5.74, 6) is 0.943. The molecule has 3 aromatic carbocycles. The molecular formula is C31H27N3O3. The Morgan fingerprint density at radius 3 is 2.59 bits per heavy atom. The number of ether oxygens (including phenoxy) is 1. The molecule has 1 aliphatic heterocycles. The van der Waals surface area contributed by atoms with Gasteiger partial charge >= 0.3 is 5.97 Å². The highest BCUT2D eigenvalue weighted by atomic mass is 16.5. The number of carboxylic acids is 1. The first kappa shape index (κ1) is 22.0. The van der Waals surface area contributed by atoms with Crippen molar-refractivity contribution in [2.75, 3.05) is 6.61 Å². The smallest absolute Gasteiger partial charge is 0.335 e. The number of fused-ring (bicyclic) bond motifs is 3. The van der Waals surface area contributed by atoms with Crippen molar-refractivity contribution < 1.29 is 14.6 Å². The van der Waals surface area contributed by atoms with E-state index in [9.17, 15) is 9.90 Å². The summed E-state index contributed by atoms with van der Waals surface area (Å²) in [6, 6.07) is 22.5. The number of hydrogen-bond donors (Lipinski definition) is 1. The molecule has 0 spiro atoms. The fourth-order valence-electron chi connectivity index (χ4n) is 5.92. The lowest BCUT2D eigenvalue weighted by atomic mass is 9.94. The Bertz CT molecular complexity index is 1680. The van der Waals surface area contributed by atoms with Gasteiger partial charge in [0.15, 0.2) is 0 Å². The minimum Gasteiger partial charge on any atom is -0.493 e. The van der Waals surface area contributed by atoms with Gasteiger partial charge in [-0.1, -0.05) is 25.3 Å². The molecule has 6 heteroatoms. The summed E-state index contributed by atoms with van der Waals surface area (Å²) in [5, 5.41) is 10.6. The summed E-state index contributed by atoms with van der Waals surface area (Å²) in [5.41, 5.74) is 7.25. The number of benzene rings is 3. The third-order valence-corrected chi connectivity index (χ3v) is 7.81. The first-order valence-electron chi connectivity index (χ1n) is 13.1. The van der Waals surface area contributed by atoms with Gasteiger partial charge in [0.25, 0.3) is 0 Å². The second-order valence-corrected chi connectivity index (χ2v) is 10.1. The summed E-state index contributed by atoms with van der Waals surface area (Å²) in [6.07, 6.45) is 6.85. The quantitative estimate of drug-likeness (QED) is 0.292. The van der Waals surface area contributed by atoms with E-state index in [1.54, 1.807) is 12.1 Å². The predicted octanol–water partition coefficient (Wildman–Crippen LogP) is 7.06. The first-order valence-corrected chi connectivity index (χ1v) is 13.1. The molecule has 37 heavy (non-hydrogen) atoms. The van der Waals surface area contributed by atoms with Gasteiger partial charge in [0.05, 0.1) is 34.4 Å².